The van der Waals surface area contributed by atoms with Crippen LogP contribution < -0.4 is 0 Å². The van der Waals surface area contributed by atoms with Crippen LogP contribution in [0.25, 0.3) is 0 Å². The zero-order valence-corrected chi connectivity index (χ0v) is 11.4. The van der Waals surface area contributed by atoms with Crippen molar-refractivity contribution in [2.75, 3.05) is 40.0 Å². The van der Waals surface area contributed by atoms with E-state index in [9.17, 15) is 0 Å². The smallest absolute Gasteiger partial charge is 0 e. The Morgan fingerprint density at radius 3 is 0.556 bits per heavy atom. The summed E-state index contributed by atoms with van der Waals surface area (Å²) in [5.74, 6) is 0. The molecule has 0 saturated carbocycles. The van der Waals surface area contributed by atoms with Crippen LogP contribution in [0.2, 0.25) is 0 Å². The van der Waals surface area contributed by atoms with Gasteiger partial charge in [0, 0.05) is 20.1 Å². The summed E-state index contributed by atoms with van der Waals surface area (Å²) in [5.41, 5.74) is 0. The minimum Gasteiger partial charge on any atom is -0.116 e. The molecule has 0 aliphatic carbocycles. The fourth-order valence-corrected chi connectivity index (χ4v) is 0. The van der Waals surface area contributed by atoms with Gasteiger partial charge in [0.2, 0.25) is 0 Å². The molecule has 9 heavy (non-hydrogen) atoms. The van der Waals surface area contributed by atoms with Gasteiger partial charge in [-0.3, -0.25) is 0 Å². The first-order valence-electron chi connectivity index (χ1n) is 2.68. The first kappa shape index (κ1) is 16.9. The summed E-state index contributed by atoms with van der Waals surface area (Å²) >= 11 is 0. The molecule has 0 aromatic heterocycles. The van der Waals surface area contributed by atoms with Crippen LogP contribution >= 0.6 is 15.8 Å². The molecule has 0 aromatic rings. The van der Waals surface area contributed by atoms with Gasteiger partial charge in [-0.2, -0.15) is 0 Å². The summed E-state index contributed by atoms with van der Waals surface area (Å²) in [4.78, 5) is 0. The first-order valence-corrected chi connectivity index (χ1v) is 8.05. The van der Waals surface area contributed by atoms with Gasteiger partial charge in [0.05, 0.1) is 0 Å². The maximum Gasteiger partial charge on any atom is 0 e. The van der Waals surface area contributed by atoms with Crippen LogP contribution in [0.3, 0.4) is 0 Å². The van der Waals surface area contributed by atoms with Crippen LogP contribution in [0.4, 0.5) is 0 Å². The van der Waals surface area contributed by atoms with E-state index in [0.717, 1.165) is 0 Å². The summed E-state index contributed by atoms with van der Waals surface area (Å²) in [6.45, 7) is 13.4. The second-order valence-electron chi connectivity index (χ2n) is 2.68. The largest absolute Gasteiger partial charge is 0.116 e. The quantitative estimate of drug-likeness (QED) is 0.593. The maximum atomic E-state index is 2.23. The van der Waals surface area contributed by atoms with Crippen LogP contribution in [0.5, 0.6) is 0 Å². The molecule has 0 N–H and O–H groups in total. The van der Waals surface area contributed by atoms with Crippen molar-refractivity contribution < 1.29 is 20.1 Å². The molecule has 0 saturated heterocycles. The molecular formula is C6H18IrP2. The molecule has 1 radical (unpaired) electrons. The third-order valence-electron chi connectivity index (χ3n) is 0. The van der Waals surface area contributed by atoms with E-state index in [4.69, 9.17) is 0 Å². The van der Waals surface area contributed by atoms with E-state index >= 15 is 0 Å². The summed E-state index contributed by atoms with van der Waals surface area (Å²) < 4.78 is 0. The minimum absolute atomic E-state index is 0. The van der Waals surface area contributed by atoms with Crippen molar-refractivity contribution in [2.24, 2.45) is 0 Å². The van der Waals surface area contributed by atoms with Crippen molar-refractivity contribution in [3.63, 3.8) is 0 Å². The van der Waals surface area contributed by atoms with Crippen LogP contribution in [0.1, 0.15) is 0 Å². The molecule has 0 nitrogen and oxygen atoms in total. The standard InChI is InChI=1S/2C3H9P.Ir/c2*1-4(2)3;/h2*1-3H3;. The SMILES string of the molecule is CP(C)C.CP(C)C.[Ir]. The Kier molecular flexibility index (Phi) is 22.9. The van der Waals surface area contributed by atoms with Gasteiger partial charge in [-0.15, -0.1) is 15.8 Å². The predicted octanol–water partition coefficient (Wildman–Crippen LogP) is 2.71. The molecule has 3 heteroatoms. The number of hydrogen-bond donors (Lipinski definition) is 0. The minimum atomic E-state index is 0. The third-order valence-corrected chi connectivity index (χ3v) is 0. The fraction of sp³-hybridized carbons (Fsp3) is 1.00. The normalized spacial score (nSPS) is 8.00. The third kappa shape index (κ3) is 235. The Labute approximate surface area is 76.0 Å². The van der Waals surface area contributed by atoms with Crippen LogP contribution in [-0.4, -0.2) is 40.0 Å². The molecule has 0 atom stereocenters. The van der Waals surface area contributed by atoms with Crippen molar-refractivity contribution in [2.45, 2.75) is 0 Å². The molecule has 0 aliphatic rings. The Bertz CT molecular complexity index is 26.5. The van der Waals surface area contributed by atoms with Gasteiger partial charge in [-0.25, -0.2) is 0 Å². The predicted molar refractivity (Wildman–Crippen MR) is 49.4 cm³/mol. The van der Waals surface area contributed by atoms with E-state index in [1.807, 2.05) is 0 Å². The number of hydrogen-bond acceptors (Lipinski definition) is 0. The second kappa shape index (κ2) is 12.2. The van der Waals surface area contributed by atoms with Gasteiger partial charge >= 0.3 is 0 Å². The van der Waals surface area contributed by atoms with Crippen molar-refractivity contribution in [3.8, 4) is 0 Å². The van der Waals surface area contributed by atoms with E-state index in [-0.39, 0.29) is 20.1 Å². The van der Waals surface area contributed by atoms with Crippen LogP contribution in [0, 0.1) is 0 Å². The van der Waals surface area contributed by atoms with Gasteiger partial charge in [0.25, 0.3) is 0 Å². The Morgan fingerprint density at radius 2 is 0.556 bits per heavy atom. The molecular weight excluding hydrogens is 326 g/mol. The molecule has 0 aromatic carbocycles. The summed E-state index contributed by atoms with van der Waals surface area (Å²) in [6.07, 6.45) is 0. The van der Waals surface area contributed by atoms with E-state index < -0.39 is 0 Å². The topological polar surface area (TPSA) is 0 Å². The van der Waals surface area contributed by atoms with E-state index in [1.165, 1.54) is 0 Å². The summed E-state index contributed by atoms with van der Waals surface area (Å²) in [6, 6.07) is 0. The van der Waals surface area contributed by atoms with Crippen molar-refractivity contribution in [3.05, 3.63) is 0 Å². The van der Waals surface area contributed by atoms with Gasteiger partial charge in [0.15, 0.2) is 0 Å². The molecule has 0 amide bonds. The van der Waals surface area contributed by atoms with E-state index in [0.29, 0.717) is 15.8 Å². The zero-order chi connectivity index (χ0) is 7.15. The van der Waals surface area contributed by atoms with Crippen LogP contribution in [0.15, 0.2) is 0 Å². The molecule has 0 unspecified atom stereocenters. The maximum absolute atomic E-state index is 2.23. The van der Waals surface area contributed by atoms with Crippen molar-refractivity contribution >= 4 is 15.8 Å². The number of rotatable bonds is 0. The van der Waals surface area contributed by atoms with Gasteiger partial charge in [-0.1, -0.05) is 0 Å². The molecule has 0 fully saturated rings. The summed E-state index contributed by atoms with van der Waals surface area (Å²) in [7, 11) is 0.759. The molecule has 0 bridgehead atoms. The van der Waals surface area contributed by atoms with E-state index in [2.05, 4.69) is 40.0 Å². The monoisotopic (exact) mass is 345 g/mol. The van der Waals surface area contributed by atoms with Gasteiger partial charge < -0.3 is 0 Å². The van der Waals surface area contributed by atoms with E-state index in [1.54, 1.807) is 0 Å². The van der Waals surface area contributed by atoms with Crippen LogP contribution in [-0.2, 0) is 20.1 Å². The molecule has 0 rings (SSSR count). The van der Waals surface area contributed by atoms with Crippen molar-refractivity contribution in [1.82, 2.24) is 0 Å². The molecule has 0 aliphatic heterocycles. The van der Waals surface area contributed by atoms with Gasteiger partial charge in [0.1, 0.15) is 0 Å². The molecule has 61 valence electrons. The summed E-state index contributed by atoms with van der Waals surface area (Å²) in [5, 5.41) is 0. The van der Waals surface area contributed by atoms with Crippen molar-refractivity contribution in [1.29, 1.82) is 0 Å². The van der Waals surface area contributed by atoms with Gasteiger partial charge in [-0.05, 0) is 40.0 Å². The molecule has 0 spiro atoms. The average Bonchev–Trinajstić information content (AvgIpc) is 1.25. The Hall–Kier alpha value is 1.51. The molecule has 0 heterocycles. The average molecular weight is 344 g/mol. The Balaban J connectivity index is -0.0000000720. The second-order valence-corrected chi connectivity index (χ2v) is 8.05. The fourth-order valence-electron chi connectivity index (χ4n) is 0. The zero-order valence-electron chi connectivity index (χ0n) is 7.23. The first-order chi connectivity index (χ1) is 3.46. The Morgan fingerprint density at radius 1 is 0.556 bits per heavy atom.